The Morgan fingerprint density at radius 1 is 1.29 bits per heavy atom. The molecule has 0 aliphatic heterocycles. The van der Waals surface area contributed by atoms with Gasteiger partial charge in [0.25, 0.3) is 5.91 Å². The topological polar surface area (TPSA) is 62.1 Å². The second-order valence-electron chi connectivity index (χ2n) is 6.32. The first kappa shape index (κ1) is 14.0. The number of hydrogen-bond acceptors (Lipinski definition) is 2. The first-order valence-corrected chi connectivity index (χ1v) is 7.70. The first-order chi connectivity index (χ1) is 10.1. The largest absolute Gasteiger partial charge is 0.397 e. The predicted octanol–water partition coefficient (Wildman–Crippen LogP) is 3.40. The molecule has 0 unspecified atom stereocenters. The smallest absolute Gasteiger partial charge is 0.270 e. The van der Waals surface area contributed by atoms with Crippen molar-refractivity contribution in [2.45, 2.75) is 38.6 Å². The molecule has 0 radical (unpaired) electrons. The molecular formula is C17H23N3O. The van der Waals surface area contributed by atoms with Gasteiger partial charge in [0.2, 0.25) is 0 Å². The van der Waals surface area contributed by atoms with Crippen molar-refractivity contribution in [3.8, 4) is 0 Å². The fraction of sp³-hybridized carbons (Fsp3) is 0.471. The molecule has 1 amide bonds. The average molecular weight is 285 g/mol. The lowest BCUT2D eigenvalue weighted by atomic mass is 9.86. The van der Waals surface area contributed by atoms with Gasteiger partial charge in [-0.3, -0.25) is 4.79 Å². The molecular weight excluding hydrogens is 262 g/mol. The molecule has 1 fully saturated rings. The van der Waals surface area contributed by atoms with E-state index in [1.54, 1.807) is 0 Å². The first-order valence-electron chi connectivity index (χ1n) is 7.70. The Hall–Kier alpha value is -1.97. The Kier molecular flexibility index (Phi) is 3.62. The number of fused-ring (bicyclic) bond motifs is 1. The van der Waals surface area contributed by atoms with Gasteiger partial charge in [0, 0.05) is 18.5 Å². The van der Waals surface area contributed by atoms with E-state index in [9.17, 15) is 4.79 Å². The third-order valence-electron chi connectivity index (χ3n) is 4.77. The lowest BCUT2D eigenvalue weighted by Crippen LogP contribution is -2.39. The van der Waals surface area contributed by atoms with E-state index in [2.05, 4.69) is 11.9 Å². The normalized spacial score (nSPS) is 22.4. The van der Waals surface area contributed by atoms with Crippen molar-refractivity contribution in [2.75, 3.05) is 12.8 Å². The number of H-pyrrole nitrogens is 1. The molecule has 1 aromatic heterocycles. The summed E-state index contributed by atoms with van der Waals surface area (Å²) in [5.74, 6) is 0.850. The number of anilines is 1. The van der Waals surface area contributed by atoms with Gasteiger partial charge in [-0.15, -0.1) is 0 Å². The van der Waals surface area contributed by atoms with E-state index in [1.165, 1.54) is 12.8 Å². The van der Waals surface area contributed by atoms with Crippen LogP contribution >= 0.6 is 0 Å². The Bertz CT molecular complexity index is 653. The number of carbonyl (C=O) groups is 1. The third-order valence-corrected chi connectivity index (χ3v) is 4.77. The SMILES string of the molecule is CC1CCC(N(C)C(=O)c2cc3cccc(N)c3[nH]2)CC1. The molecule has 2 aromatic rings. The van der Waals surface area contributed by atoms with Crippen molar-refractivity contribution in [1.29, 1.82) is 0 Å². The lowest BCUT2D eigenvalue weighted by molar-refractivity contribution is 0.0674. The van der Waals surface area contributed by atoms with Crippen LogP contribution in [0.25, 0.3) is 10.9 Å². The number of nitrogen functional groups attached to an aromatic ring is 1. The van der Waals surface area contributed by atoms with Crippen LogP contribution in [0, 0.1) is 5.92 Å². The molecule has 4 nitrogen and oxygen atoms in total. The highest BCUT2D eigenvalue weighted by Crippen LogP contribution is 2.28. The van der Waals surface area contributed by atoms with Crippen LogP contribution in [0.2, 0.25) is 0 Å². The zero-order valence-electron chi connectivity index (χ0n) is 12.7. The van der Waals surface area contributed by atoms with Gasteiger partial charge in [-0.05, 0) is 43.7 Å². The molecule has 3 rings (SSSR count). The number of nitrogens with zero attached hydrogens (tertiary/aromatic N) is 1. The average Bonchev–Trinajstić information content (AvgIpc) is 2.92. The molecule has 0 atom stereocenters. The maximum absolute atomic E-state index is 12.7. The summed E-state index contributed by atoms with van der Waals surface area (Å²) in [6.45, 7) is 2.29. The van der Waals surface area contributed by atoms with Crippen LogP contribution < -0.4 is 5.73 Å². The number of aromatic nitrogens is 1. The van der Waals surface area contributed by atoms with Crippen LogP contribution in [0.5, 0.6) is 0 Å². The van der Waals surface area contributed by atoms with Gasteiger partial charge in [-0.2, -0.15) is 0 Å². The van der Waals surface area contributed by atoms with Crippen LogP contribution in [-0.4, -0.2) is 28.9 Å². The van der Waals surface area contributed by atoms with Crippen LogP contribution in [0.1, 0.15) is 43.1 Å². The number of carbonyl (C=O) groups excluding carboxylic acids is 1. The van der Waals surface area contributed by atoms with Gasteiger partial charge in [-0.25, -0.2) is 0 Å². The van der Waals surface area contributed by atoms with E-state index in [1.807, 2.05) is 36.2 Å². The number of hydrogen-bond donors (Lipinski definition) is 2. The predicted molar refractivity (Wildman–Crippen MR) is 86.2 cm³/mol. The summed E-state index contributed by atoms with van der Waals surface area (Å²) < 4.78 is 0. The summed E-state index contributed by atoms with van der Waals surface area (Å²) in [7, 11) is 1.91. The fourth-order valence-electron chi connectivity index (χ4n) is 3.28. The number of amides is 1. The maximum atomic E-state index is 12.7. The number of aromatic amines is 1. The molecule has 1 aliphatic carbocycles. The van der Waals surface area contributed by atoms with Gasteiger partial charge in [-0.1, -0.05) is 19.1 Å². The number of nitrogens with two attached hydrogens (primary N) is 1. The van der Waals surface area contributed by atoms with Gasteiger partial charge < -0.3 is 15.6 Å². The van der Waals surface area contributed by atoms with Crippen LogP contribution in [0.4, 0.5) is 5.69 Å². The van der Waals surface area contributed by atoms with Gasteiger partial charge in [0.15, 0.2) is 0 Å². The monoisotopic (exact) mass is 285 g/mol. The Balaban J connectivity index is 1.81. The summed E-state index contributed by atoms with van der Waals surface area (Å²) in [4.78, 5) is 17.7. The molecule has 0 spiro atoms. The highest BCUT2D eigenvalue weighted by atomic mass is 16.2. The molecule has 0 bridgehead atoms. The van der Waals surface area contributed by atoms with E-state index in [-0.39, 0.29) is 5.91 Å². The van der Waals surface area contributed by atoms with Gasteiger partial charge >= 0.3 is 0 Å². The molecule has 1 heterocycles. The van der Waals surface area contributed by atoms with Crippen molar-refractivity contribution >= 4 is 22.5 Å². The molecule has 4 heteroatoms. The summed E-state index contributed by atoms with van der Waals surface area (Å²) in [5, 5.41) is 0.990. The van der Waals surface area contributed by atoms with E-state index in [4.69, 9.17) is 5.73 Å². The Morgan fingerprint density at radius 2 is 2.00 bits per heavy atom. The van der Waals surface area contributed by atoms with Crippen LogP contribution in [0.15, 0.2) is 24.3 Å². The second kappa shape index (κ2) is 5.43. The standard InChI is InChI=1S/C17H23N3O/c1-11-6-8-13(9-7-11)20(2)17(21)15-10-12-4-3-5-14(18)16(12)19-15/h3-5,10-11,13,19H,6-9,18H2,1-2H3. The highest BCUT2D eigenvalue weighted by molar-refractivity contribution is 6.00. The van der Waals surface area contributed by atoms with Gasteiger partial charge in [0.05, 0.1) is 11.2 Å². The molecule has 0 saturated heterocycles. The Morgan fingerprint density at radius 3 is 2.67 bits per heavy atom. The van der Waals surface area contributed by atoms with Crippen molar-refractivity contribution in [2.24, 2.45) is 5.92 Å². The second-order valence-corrected chi connectivity index (χ2v) is 6.32. The van der Waals surface area contributed by atoms with Crippen LogP contribution in [-0.2, 0) is 0 Å². The number of rotatable bonds is 2. The van der Waals surface area contributed by atoms with Crippen LogP contribution in [0.3, 0.4) is 0 Å². The number of benzene rings is 1. The third kappa shape index (κ3) is 2.62. The van der Waals surface area contributed by atoms with E-state index < -0.39 is 0 Å². The molecule has 1 saturated carbocycles. The summed E-state index contributed by atoms with van der Waals surface area (Å²) >= 11 is 0. The molecule has 1 aliphatic rings. The number of nitrogens with one attached hydrogen (secondary N) is 1. The van der Waals surface area contributed by atoms with E-state index in [0.717, 1.165) is 29.7 Å². The quantitative estimate of drug-likeness (QED) is 0.831. The van der Waals surface area contributed by atoms with Crippen molar-refractivity contribution < 1.29 is 4.79 Å². The zero-order valence-corrected chi connectivity index (χ0v) is 12.7. The fourth-order valence-corrected chi connectivity index (χ4v) is 3.28. The van der Waals surface area contributed by atoms with E-state index in [0.29, 0.717) is 17.4 Å². The highest BCUT2D eigenvalue weighted by Gasteiger charge is 2.26. The summed E-state index contributed by atoms with van der Waals surface area (Å²) in [6, 6.07) is 7.99. The van der Waals surface area contributed by atoms with E-state index >= 15 is 0 Å². The minimum Gasteiger partial charge on any atom is -0.397 e. The van der Waals surface area contributed by atoms with Crippen molar-refractivity contribution in [1.82, 2.24) is 9.88 Å². The molecule has 1 aromatic carbocycles. The molecule has 3 N–H and O–H groups in total. The zero-order chi connectivity index (χ0) is 15.0. The minimum atomic E-state index is 0.0603. The van der Waals surface area contributed by atoms with Gasteiger partial charge in [0.1, 0.15) is 5.69 Å². The maximum Gasteiger partial charge on any atom is 0.270 e. The summed E-state index contributed by atoms with van der Waals surface area (Å²) in [5.41, 5.74) is 8.11. The summed E-state index contributed by atoms with van der Waals surface area (Å²) in [6.07, 6.45) is 4.63. The molecule has 112 valence electrons. The number of para-hydroxylation sites is 1. The lowest BCUT2D eigenvalue weighted by Gasteiger charge is -2.33. The van der Waals surface area contributed by atoms with Crippen molar-refractivity contribution in [3.05, 3.63) is 30.0 Å². The molecule has 21 heavy (non-hydrogen) atoms. The minimum absolute atomic E-state index is 0.0603. The Labute approximate surface area is 125 Å². The van der Waals surface area contributed by atoms with Crippen molar-refractivity contribution in [3.63, 3.8) is 0 Å².